The lowest BCUT2D eigenvalue weighted by Crippen LogP contribution is -2.42. The van der Waals surface area contributed by atoms with Gasteiger partial charge < -0.3 is 14.4 Å². The van der Waals surface area contributed by atoms with Crippen LogP contribution in [0.15, 0.2) is 0 Å². The van der Waals surface area contributed by atoms with Gasteiger partial charge in [0.25, 0.3) is 5.91 Å². The number of ether oxygens (including phenoxy) is 2. The molecule has 0 spiro atoms. The van der Waals surface area contributed by atoms with Gasteiger partial charge in [-0.25, -0.2) is 0 Å². The topological polar surface area (TPSA) is 38.8 Å². The van der Waals surface area contributed by atoms with Gasteiger partial charge in [-0.05, 0) is 13.3 Å². The summed E-state index contributed by atoms with van der Waals surface area (Å²) in [6.45, 7) is 3.16. The maximum atomic E-state index is 11.6. The van der Waals surface area contributed by atoms with Crippen molar-refractivity contribution in [2.45, 2.75) is 25.5 Å². The van der Waals surface area contributed by atoms with Crippen LogP contribution in [-0.2, 0) is 14.3 Å². The molecule has 1 amide bonds. The highest BCUT2D eigenvalue weighted by atomic mass is 16.5. The predicted octanol–water partition coefficient (Wildman–Crippen LogP) is 0.269. The number of likely N-dealkylation sites (N-methyl/N-ethyl adjacent to an activating group) is 1. The molecule has 1 fully saturated rings. The maximum Gasteiger partial charge on any atom is 0.251 e. The Hall–Kier alpha value is -0.610. The number of amides is 1. The van der Waals surface area contributed by atoms with Crippen LogP contribution in [0.1, 0.15) is 13.3 Å². The largest absolute Gasteiger partial charge is 0.379 e. The van der Waals surface area contributed by atoms with Crippen LogP contribution in [0.3, 0.4) is 0 Å². The Bertz CT molecular complexity index is 178. The molecule has 0 aliphatic carbocycles. The van der Waals surface area contributed by atoms with Crippen molar-refractivity contribution in [2.75, 3.05) is 27.4 Å². The monoisotopic (exact) mass is 187 g/mol. The first kappa shape index (κ1) is 10.5. The Morgan fingerprint density at radius 2 is 2.38 bits per heavy atom. The minimum atomic E-state index is -0.356. The predicted molar refractivity (Wildman–Crippen MR) is 48.5 cm³/mol. The Kier molecular flexibility index (Phi) is 3.69. The van der Waals surface area contributed by atoms with E-state index in [4.69, 9.17) is 9.47 Å². The van der Waals surface area contributed by atoms with Crippen molar-refractivity contribution in [3.8, 4) is 0 Å². The number of carbonyl (C=O) groups excluding carboxylic acids is 1. The van der Waals surface area contributed by atoms with Gasteiger partial charge in [-0.1, -0.05) is 0 Å². The molecule has 0 aromatic heterocycles. The molecule has 0 bridgehead atoms. The second-order valence-electron chi connectivity index (χ2n) is 3.34. The molecule has 1 rings (SSSR count). The average molecular weight is 187 g/mol. The summed E-state index contributed by atoms with van der Waals surface area (Å²) < 4.78 is 10.2. The van der Waals surface area contributed by atoms with Crippen molar-refractivity contribution >= 4 is 5.91 Å². The third kappa shape index (κ3) is 2.42. The van der Waals surface area contributed by atoms with E-state index < -0.39 is 0 Å². The molecule has 1 aliphatic rings. The van der Waals surface area contributed by atoms with Crippen LogP contribution in [0, 0.1) is 0 Å². The van der Waals surface area contributed by atoms with Crippen LogP contribution in [0.4, 0.5) is 0 Å². The summed E-state index contributed by atoms with van der Waals surface area (Å²) in [6.07, 6.45) is 0.573. The molecule has 1 heterocycles. The van der Waals surface area contributed by atoms with E-state index in [1.807, 2.05) is 0 Å². The van der Waals surface area contributed by atoms with E-state index in [1.54, 1.807) is 26.0 Å². The molecule has 4 nitrogen and oxygen atoms in total. The molecule has 4 heteroatoms. The normalized spacial score (nSPS) is 24.4. The molecule has 13 heavy (non-hydrogen) atoms. The molecule has 76 valence electrons. The van der Waals surface area contributed by atoms with E-state index in [1.165, 1.54) is 0 Å². The average Bonchev–Trinajstić information content (AvgIpc) is 2.67. The molecule has 0 radical (unpaired) electrons. The fraction of sp³-hybridized carbons (Fsp3) is 0.889. The van der Waals surface area contributed by atoms with Gasteiger partial charge in [0, 0.05) is 20.8 Å². The minimum Gasteiger partial charge on any atom is -0.379 e. The Labute approximate surface area is 78.8 Å². The zero-order chi connectivity index (χ0) is 9.84. The van der Waals surface area contributed by atoms with Gasteiger partial charge in [-0.15, -0.1) is 0 Å². The maximum absolute atomic E-state index is 11.6. The molecule has 2 atom stereocenters. The molecular formula is C9H17NO3. The Morgan fingerprint density at radius 3 is 2.85 bits per heavy atom. The van der Waals surface area contributed by atoms with Gasteiger partial charge in [0.1, 0.15) is 6.10 Å². The van der Waals surface area contributed by atoms with E-state index in [-0.39, 0.29) is 18.1 Å². The lowest BCUT2D eigenvalue weighted by atomic mass is 10.2. The highest BCUT2D eigenvalue weighted by molar-refractivity contribution is 5.80. The van der Waals surface area contributed by atoms with Crippen LogP contribution >= 0.6 is 0 Å². The quantitative estimate of drug-likeness (QED) is 0.636. The van der Waals surface area contributed by atoms with Gasteiger partial charge in [0.05, 0.1) is 12.6 Å². The molecule has 0 aromatic carbocycles. The fourth-order valence-corrected chi connectivity index (χ4v) is 1.40. The first-order valence-electron chi connectivity index (χ1n) is 4.54. The van der Waals surface area contributed by atoms with Crippen LogP contribution in [0.5, 0.6) is 0 Å². The van der Waals surface area contributed by atoms with Gasteiger partial charge in [0.15, 0.2) is 0 Å². The number of methoxy groups -OCH3 is 1. The first-order chi connectivity index (χ1) is 6.16. The number of hydrogen-bond donors (Lipinski definition) is 0. The van der Waals surface area contributed by atoms with E-state index in [2.05, 4.69) is 0 Å². The molecule has 0 N–H and O–H groups in total. The van der Waals surface area contributed by atoms with Gasteiger partial charge in [-0.3, -0.25) is 4.79 Å². The molecule has 1 aliphatic heterocycles. The van der Waals surface area contributed by atoms with Crippen LogP contribution in [-0.4, -0.2) is 50.3 Å². The summed E-state index contributed by atoms with van der Waals surface area (Å²) in [5.74, 6) is 0.0259. The van der Waals surface area contributed by atoms with Crippen LogP contribution in [0.2, 0.25) is 0 Å². The minimum absolute atomic E-state index is 0.0259. The molecule has 0 aromatic rings. The summed E-state index contributed by atoms with van der Waals surface area (Å²) in [4.78, 5) is 13.3. The lowest BCUT2D eigenvalue weighted by Gasteiger charge is -2.25. The standard InChI is InChI=1S/C9H17NO3/c1-7(12-3)9(11)10(2)8-4-5-13-6-8/h7-8H,4-6H2,1-3H3. The molecular weight excluding hydrogens is 170 g/mol. The summed E-state index contributed by atoms with van der Waals surface area (Å²) in [5.41, 5.74) is 0. The van der Waals surface area contributed by atoms with Crippen molar-refractivity contribution in [2.24, 2.45) is 0 Å². The molecule has 0 saturated carbocycles. The number of nitrogens with zero attached hydrogens (tertiary/aromatic N) is 1. The van der Waals surface area contributed by atoms with E-state index in [0.717, 1.165) is 13.0 Å². The van der Waals surface area contributed by atoms with Crippen molar-refractivity contribution in [3.05, 3.63) is 0 Å². The molecule has 2 unspecified atom stereocenters. The van der Waals surface area contributed by atoms with Crippen LogP contribution < -0.4 is 0 Å². The fourth-order valence-electron chi connectivity index (χ4n) is 1.40. The smallest absolute Gasteiger partial charge is 0.251 e. The highest BCUT2D eigenvalue weighted by Crippen LogP contribution is 2.12. The Morgan fingerprint density at radius 1 is 1.69 bits per heavy atom. The zero-order valence-electron chi connectivity index (χ0n) is 8.45. The van der Waals surface area contributed by atoms with Crippen LogP contribution in [0.25, 0.3) is 0 Å². The van der Waals surface area contributed by atoms with Gasteiger partial charge in [0.2, 0.25) is 0 Å². The van der Waals surface area contributed by atoms with Crippen molar-refractivity contribution in [1.29, 1.82) is 0 Å². The second kappa shape index (κ2) is 4.58. The van der Waals surface area contributed by atoms with E-state index in [0.29, 0.717) is 6.61 Å². The number of carbonyl (C=O) groups is 1. The zero-order valence-corrected chi connectivity index (χ0v) is 8.45. The van der Waals surface area contributed by atoms with Gasteiger partial charge in [-0.2, -0.15) is 0 Å². The van der Waals surface area contributed by atoms with Crippen molar-refractivity contribution in [3.63, 3.8) is 0 Å². The summed E-state index contributed by atoms with van der Waals surface area (Å²) >= 11 is 0. The van der Waals surface area contributed by atoms with E-state index >= 15 is 0 Å². The first-order valence-corrected chi connectivity index (χ1v) is 4.54. The lowest BCUT2D eigenvalue weighted by molar-refractivity contribution is -0.141. The van der Waals surface area contributed by atoms with E-state index in [9.17, 15) is 4.79 Å². The third-order valence-corrected chi connectivity index (χ3v) is 2.50. The number of rotatable bonds is 3. The summed E-state index contributed by atoms with van der Waals surface area (Å²) in [6, 6.07) is 0.227. The third-order valence-electron chi connectivity index (χ3n) is 2.50. The highest BCUT2D eigenvalue weighted by Gasteiger charge is 2.26. The SMILES string of the molecule is COC(C)C(=O)N(C)C1CCOC1. The molecule has 1 saturated heterocycles. The summed E-state index contributed by atoms with van der Waals surface area (Å²) in [7, 11) is 3.35. The van der Waals surface area contributed by atoms with Crippen molar-refractivity contribution < 1.29 is 14.3 Å². The Balaban J connectivity index is 2.45. The van der Waals surface area contributed by atoms with Crippen molar-refractivity contribution in [1.82, 2.24) is 4.90 Å². The second-order valence-corrected chi connectivity index (χ2v) is 3.34. The van der Waals surface area contributed by atoms with Gasteiger partial charge >= 0.3 is 0 Å². The number of hydrogen-bond acceptors (Lipinski definition) is 3. The summed E-state index contributed by atoms with van der Waals surface area (Å²) in [5, 5.41) is 0.